The topological polar surface area (TPSA) is 158 Å². The Morgan fingerprint density at radius 2 is 1.41 bits per heavy atom. The first kappa shape index (κ1) is 16.5. The van der Waals surface area contributed by atoms with Gasteiger partial charge < -0.3 is 49.6 Å². The summed E-state index contributed by atoms with van der Waals surface area (Å²) >= 11 is 0. The molecule has 2 spiro atoms. The number of ether oxygens (including phenoxy) is 4. The monoisotopic (exact) mass is 324 g/mol. The number of hydrogen-bond acceptors (Lipinski definition) is 10. The largest absolute Gasteiger partial charge is 0.394 e. The van der Waals surface area contributed by atoms with Gasteiger partial charge in [-0.15, -0.1) is 0 Å². The Morgan fingerprint density at radius 1 is 0.818 bits per heavy atom. The van der Waals surface area contributed by atoms with E-state index in [9.17, 15) is 25.5 Å². The Balaban J connectivity index is 1.73. The van der Waals surface area contributed by atoms with Crippen LogP contribution in [-0.4, -0.2) is 105 Å². The molecule has 10 nitrogen and oxygen atoms in total. The van der Waals surface area contributed by atoms with Crippen LogP contribution in [0.4, 0.5) is 0 Å². The van der Waals surface area contributed by atoms with Crippen LogP contribution in [0, 0.1) is 0 Å². The summed E-state index contributed by atoms with van der Waals surface area (Å²) in [6.45, 7) is -1.58. The molecule has 0 radical (unpaired) electrons. The molecule has 22 heavy (non-hydrogen) atoms. The molecule has 3 rings (SSSR count). The Morgan fingerprint density at radius 3 is 1.95 bits per heavy atom. The molecule has 0 aromatic rings. The smallest absolute Gasteiger partial charge is 0.222 e. The molecule has 0 amide bonds. The average Bonchev–Trinajstić information content (AvgIpc) is 2.77. The summed E-state index contributed by atoms with van der Waals surface area (Å²) in [6, 6.07) is 0. The van der Waals surface area contributed by atoms with Crippen molar-refractivity contribution in [1.29, 1.82) is 0 Å². The van der Waals surface area contributed by atoms with Crippen LogP contribution in [0.25, 0.3) is 0 Å². The van der Waals surface area contributed by atoms with Crippen LogP contribution in [-0.2, 0) is 18.9 Å². The summed E-state index contributed by atoms with van der Waals surface area (Å²) in [7, 11) is 0. The number of aliphatic hydroxyl groups is 6. The number of hydrogen-bond donors (Lipinski definition) is 6. The summed E-state index contributed by atoms with van der Waals surface area (Å²) in [6.07, 6.45) is -8.14. The lowest BCUT2D eigenvalue weighted by Crippen LogP contribution is -2.69. The highest BCUT2D eigenvalue weighted by atomic mass is 16.8. The first-order valence-electron chi connectivity index (χ1n) is 6.96. The van der Waals surface area contributed by atoms with Crippen molar-refractivity contribution in [3.63, 3.8) is 0 Å². The van der Waals surface area contributed by atoms with E-state index in [0.717, 1.165) is 0 Å². The maximum absolute atomic E-state index is 10.0. The van der Waals surface area contributed by atoms with Gasteiger partial charge in [0.05, 0.1) is 13.2 Å². The van der Waals surface area contributed by atoms with Crippen molar-refractivity contribution in [1.82, 2.24) is 0 Å². The second-order valence-electron chi connectivity index (χ2n) is 5.79. The fourth-order valence-corrected chi connectivity index (χ4v) is 2.91. The van der Waals surface area contributed by atoms with Crippen LogP contribution in [0.2, 0.25) is 0 Å². The van der Waals surface area contributed by atoms with E-state index < -0.39 is 68.0 Å². The third-order valence-electron chi connectivity index (χ3n) is 4.39. The van der Waals surface area contributed by atoms with Gasteiger partial charge in [0.15, 0.2) is 0 Å². The van der Waals surface area contributed by atoms with Gasteiger partial charge in [-0.2, -0.15) is 0 Å². The van der Waals surface area contributed by atoms with Crippen molar-refractivity contribution in [2.45, 2.75) is 48.2 Å². The lowest BCUT2D eigenvalue weighted by atomic mass is 9.95. The van der Waals surface area contributed by atoms with Crippen LogP contribution in [0.5, 0.6) is 0 Å². The normalized spacial score (nSPS) is 55.9. The molecule has 0 aliphatic carbocycles. The number of rotatable bonds is 1. The lowest BCUT2D eigenvalue weighted by Gasteiger charge is -2.50. The minimum absolute atomic E-state index is 0.264. The van der Waals surface area contributed by atoms with Gasteiger partial charge in [0, 0.05) is 0 Å². The van der Waals surface area contributed by atoms with E-state index in [1.165, 1.54) is 0 Å². The molecule has 128 valence electrons. The van der Waals surface area contributed by atoms with Crippen molar-refractivity contribution >= 4 is 0 Å². The minimum atomic E-state index is -1.70. The first-order valence-corrected chi connectivity index (χ1v) is 6.96. The van der Waals surface area contributed by atoms with Gasteiger partial charge >= 0.3 is 0 Å². The summed E-state index contributed by atoms with van der Waals surface area (Å²) in [4.78, 5) is 0. The summed E-state index contributed by atoms with van der Waals surface area (Å²) in [5, 5.41) is 58.1. The maximum atomic E-state index is 10.0. The van der Waals surface area contributed by atoms with Gasteiger partial charge in [0.25, 0.3) is 0 Å². The van der Waals surface area contributed by atoms with E-state index in [1.54, 1.807) is 0 Å². The summed E-state index contributed by atoms with van der Waals surface area (Å²) in [5.41, 5.74) is 0. The van der Waals surface area contributed by atoms with Gasteiger partial charge in [-0.05, 0) is 0 Å². The van der Waals surface area contributed by atoms with Crippen LogP contribution in [0.3, 0.4) is 0 Å². The highest BCUT2D eigenvalue weighted by Crippen LogP contribution is 2.40. The highest BCUT2D eigenvalue weighted by Gasteiger charge is 2.62. The molecule has 3 fully saturated rings. The van der Waals surface area contributed by atoms with Crippen molar-refractivity contribution in [3.8, 4) is 0 Å². The van der Waals surface area contributed by atoms with E-state index in [1.807, 2.05) is 0 Å². The van der Waals surface area contributed by atoms with Gasteiger partial charge in [0.2, 0.25) is 11.6 Å². The molecule has 0 unspecified atom stereocenters. The maximum Gasteiger partial charge on any atom is 0.222 e. The highest BCUT2D eigenvalue weighted by molar-refractivity contribution is 5.02. The van der Waals surface area contributed by atoms with Crippen molar-refractivity contribution < 1.29 is 49.6 Å². The molecule has 8 atom stereocenters. The Bertz CT molecular complexity index is 403. The molecule has 3 aliphatic rings. The molecule has 0 bridgehead atoms. The third-order valence-corrected chi connectivity index (χ3v) is 4.39. The number of aliphatic hydroxyl groups excluding tert-OH is 6. The van der Waals surface area contributed by atoms with E-state index in [-0.39, 0.29) is 6.61 Å². The van der Waals surface area contributed by atoms with Gasteiger partial charge in [-0.1, -0.05) is 0 Å². The zero-order valence-electron chi connectivity index (χ0n) is 11.6. The van der Waals surface area contributed by atoms with E-state index in [0.29, 0.717) is 0 Å². The van der Waals surface area contributed by atoms with Crippen LogP contribution in [0.1, 0.15) is 0 Å². The Hall–Kier alpha value is -0.400. The SMILES string of the molecule is OC[C@H]1O[C@@]2(CO[C@]3(CO2)OC[C@@H](O)[C@@H](O)[C@@H]3O)[C@@H](O)[C@@H]1O. The molecule has 10 heteroatoms. The van der Waals surface area contributed by atoms with Crippen molar-refractivity contribution in [2.24, 2.45) is 0 Å². The van der Waals surface area contributed by atoms with E-state index in [2.05, 4.69) is 0 Å². The molecule has 6 N–H and O–H groups in total. The Kier molecular flexibility index (Phi) is 4.19. The molecular formula is C12H20O10. The second kappa shape index (κ2) is 5.60. The van der Waals surface area contributed by atoms with Crippen molar-refractivity contribution in [2.75, 3.05) is 26.4 Å². The molecule has 3 aliphatic heterocycles. The predicted molar refractivity (Wildman–Crippen MR) is 65.3 cm³/mol. The predicted octanol–water partition coefficient (Wildman–Crippen LogP) is -4.35. The van der Waals surface area contributed by atoms with Gasteiger partial charge in [-0.3, -0.25) is 0 Å². The fourth-order valence-electron chi connectivity index (χ4n) is 2.91. The quantitative estimate of drug-likeness (QED) is 0.278. The van der Waals surface area contributed by atoms with Crippen LogP contribution < -0.4 is 0 Å². The van der Waals surface area contributed by atoms with Crippen LogP contribution in [0.15, 0.2) is 0 Å². The van der Waals surface area contributed by atoms with Crippen molar-refractivity contribution in [3.05, 3.63) is 0 Å². The average molecular weight is 324 g/mol. The summed E-state index contributed by atoms with van der Waals surface area (Å²) in [5.74, 6) is -3.39. The zero-order valence-corrected chi connectivity index (χ0v) is 11.6. The van der Waals surface area contributed by atoms with E-state index >= 15 is 0 Å². The van der Waals surface area contributed by atoms with Gasteiger partial charge in [0.1, 0.15) is 49.8 Å². The third kappa shape index (κ3) is 2.27. The molecule has 3 heterocycles. The molecule has 3 saturated heterocycles. The van der Waals surface area contributed by atoms with Gasteiger partial charge in [-0.25, -0.2) is 0 Å². The second-order valence-corrected chi connectivity index (χ2v) is 5.79. The molecular weight excluding hydrogens is 304 g/mol. The first-order chi connectivity index (χ1) is 10.4. The fraction of sp³-hybridized carbons (Fsp3) is 1.00. The van der Waals surface area contributed by atoms with Crippen LogP contribution >= 0.6 is 0 Å². The zero-order chi connectivity index (χ0) is 16.1. The minimum Gasteiger partial charge on any atom is -0.394 e. The summed E-state index contributed by atoms with van der Waals surface area (Å²) < 4.78 is 21.5. The molecule has 0 aromatic heterocycles. The Labute approximate surface area is 125 Å². The lowest BCUT2D eigenvalue weighted by molar-refractivity contribution is -0.430. The molecule has 0 saturated carbocycles. The van der Waals surface area contributed by atoms with E-state index in [4.69, 9.17) is 24.1 Å². The standard InChI is InChI=1S/C12H20O10/c13-1-6-8(16)10(18)12(22-6)4-20-11(3-21-12)9(17)7(15)5(14)2-19-11/h5-10,13-18H,1-4H2/t5-,6-,7-,8-,9+,10+,11+,12+/m1/s1. The molecule has 0 aromatic carbocycles.